The summed E-state index contributed by atoms with van der Waals surface area (Å²) in [6, 6.07) is 10.3. The summed E-state index contributed by atoms with van der Waals surface area (Å²) in [6.07, 6.45) is 2.18. The molecule has 31 heavy (non-hydrogen) atoms. The minimum Gasteiger partial charge on any atom is -0.354 e. The first-order valence-electron chi connectivity index (χ1n) is 10.2. The molecule has 0 aromatic heterocycles. The van der Waals surface area contributed by atoms with E-state index in [0.29, 0.717) is 30.1 Å². The monoisotopic (exact) mass is 463 g/mol. The van der Waals surface area contributed by atoms with E-state index < -0.39 is 16.1 Å². The van der Waals surface area contributed by atoms with Crippen molar-refractivity contribution in [3.8, 4) is 0 Å². The van der Waals surface area contributed by atoms with E-state index in [9.17, 15) is 18.0 Å². The maximum Gasteiger partial charge on any atom is 0.261 e. The summed E-state index contributed by atoms with van der Waals surface area (Å²) < 4.78 is 27.9. The van der Waals surface area contributed by atoms with Crippen molar-refractivity contribution in [2.75, 3.05) is 17.8 Å². The van der Waals surface area contributed by atoms with Crippen molar-refractivity contribution in [2.24, 2.45) is 0 Å². The quantitative estimate of drug-likeness (QED) is 0.656. The van der Waals surface area contributed by atoms with Crippen molar-refractivity contribution in [2.45, 2.75) is 44.0 Å². The van der Waals surface area contributed by atoms with Crippen molar-refractivity contribution in [3.63, 3.8) is 0 Å². The topological polar surface area (TPSA) is 95.6 Å². The molecule has 0 aliphatic carbocycles. The number of likely N-dealkylation sites (tertiary alicyclic amines) is 1. The molecule has 166 valence electrons. The Balaban J connectivity index is 1.78. The van der Waals surface area contributed by atoms with Crippen molar-refractivity contribution in [1.82, 2.24) is 10.2 Å². The number of hydrogen-bond acceptors (Lipinski definition) is 4. The van der Waals surface area contributed by atoms with Crippen LogP contribution in [0, 0.1) is 6.92 Å². The molecule has 7 nitrogen and oxygen atoms in total. The van der Waals surface area contributed by atoms with Crippen LogP contribution in [0.4, 0.5) is 5.69 Å². The van der Waals surface area contributed by atoms with Gasteiger partial charge in [0.1, 0.15) is 6.04 Å². The zero-order valence-electron chi connectivity index (χ0n) is 17.5. The molecule has 1 atom stereocenters. The molecular weight excluding hydrogens is 438 g/mol. The van der Waals surface area contributed by atoms with Gasteiger partial charge < -0.3 is 10.2 Å². The average Bonchev–Trinajstić information content (AvgIpc) is 3.23. The Morgan fingerprint density at radius 1 is 1.19 bits per heavy atom. The number of carbonyl (C=O) groups is 2. The minimum absolute atomic E-state index is 0.0343. The molecular formula is C22H26ClN3O4S. The third-order valence-electron chi connectivity index (χ3n) is 5.18. The van der Waals surface area contributed by atoms with E-state index in [1.807, 2.05) is 6.92 Å². The average molecular weight is 464 g/mol. The van der Waals surface area contributed by atoms with E-state index in [0.717, 1.165) is 18.4 Å². The number of benzene rings is 2. The van der Waals surface area contributed by atoms with Gasteiger partial charge in [0, 0.05) is 29.4 Å². The standard InChI is InChI=1S/C22H26ClN3O4S/c1-3-11-24-21(27)20-8-5-12-26(20)22(28)16-6-4-7-17(13-16)25-31(29,30)18-10-9-15(2)19(23)14-18/h4,6-7,9-10,13-14,20,25H,3,5,8,11-12H2,1-2H3,(H,24,27)/t20-/m0/s1. The van der Waals surface area contributed by atoms with Gasteiger partial charge in [0.05, 0.1) is 4.90 Å². The summed E-state index contributed by atoms with van der Waals surface area (Å²) in [6.45, 7) is 4.81. The third kappa shape index (κ3) is 5.37. The summed E-state index contributed by atoms with van der Waals surface area (Å²) in [5.74, 6) is -0.450. The van der Waals surface area contributed by atoms with Crippen LogP contribution in [0.25, 0.3) is 0 Å². The smallest absolute Gasteiger partial charge is 0.261 e. The van der Waals surface area contributed by atoms with Gasteiger partial charge in [-0.1, -0.05) is 30.7 Å². The lowest BCUT2D eigenvalue weighted by molar-refractivity contribution is -0.124. The lowest BCUT2D eigenvalue weighted by Crippen LogP contribution is -2.46. The highest BCUT2D eigenvalue weighted by atomic mass is 35.5. The Labute approximate surface area is 187 Å². The summed E-state index contributed by atoms with van der Waals surface area (Å²) in [5, 5.41) is 3.20. The fraction of sp³-hybridized carbons (Fsp3) is 0.364. The summed E-state index contributed by atoms with van der Waals surface area (Å²) in [7, 11) is -3.87. The first kappa shape index (κ1) is 23.1. The van der Waals surface area contributed by atoms with E-state index in [1.165, 1.54) is 18.2 Å². The molecule has 9 heteroatoms. The van der Waals surface area contributed by atoms with Gasteiger partial charge in [0.15, 0.2) is 0 Å². The van der Waals surface area contributed by atoms with Crippen LogP contribution in [0.5, 0.6) is 0 Å². The van der Waals surface area contributed by atoms with E-state index in [4.69, 9.17) is 11.6 Å². The molecule has 2 N–H and O–H groups in total. The summed E-state index contributed by atoms with van der Waals surface area (Å²) >= 11 is 6.06. The number of hydrogen-bond donors (Lipinski definition) is 2. The highest BCUT2D eigenvalue weighted by Gasteiger charge is 2.34. The number of nitrogens with zero attached hydrogens (tertiary/aromatic N) is 1. The minimum atomic E-state index is -3.87. The Morgan fingerprint density at radius 3 is 2.68 bits per heavy atom. The third-order valence-corrected chi connectivity index (χ3v) is 6.97. The van der Waals surface area contributed by atoms with Gasteiger partial charge >= 0.3 is 0 Å². The predicted octanol–water partition coefficient (Wildman–Crippen LogP) is 3.58. The summed E-state index contributed by atoms with van der Waals surface area (Å²) in [5.41, 5.74) is 1.35. The first-order valence-corrected chi connectivity index (χ1v) is 12.1. The number of amides is 2. The second kappa shape index (κ2) is 9.70. The number of carbonyl (C=O) groups excluding carboxylic acids is 2. The Kier molecular flexibility index (Phi) is 7.23. The van der Waals surface area contributed by atoms with Crippen LogP contribution in [0.2, 0.25) is 5.02 Å². The lowest BCUT2D eigenvalue weighted by Gasteiger charge is -2.24. The number of aryl methyl sites for hydroxylation is 1. The fourth-order valence-corrected chi connectivity index (χ4v) is 4.81. The molecule has 1 saturated heterocycles. The molecule has 2 aromatic carbocycles. The van der Waals surface area contributed by atoms with Gasteiger partial charge in [-0.3, -0.25) is 14.3 Å². The SMILES string of the molecule is CCCNC(=O)[C@@H]1CCCN1C(=O)c1cccc(NS(=O)(=O)c2ccc(C)c(Cl)c2)c1. The van der Waals surface area contributed by atoms with Crippen LogP contribution in [0.3, 0.4) is 0 Å². The molecule has 0 radical (unpaired) electrons. The molecule has 2 amide bonds. The van der Waals surface area contributed by atoms with Crippen LogP contribution in [-0.2, 0) is 14.8 Å². The molecule has 1 fully saturated rings. The van der Waals surface area contributed by atoms with Gasteiger partial charge in [-0.05, 0) is 62.1 Å². The van der Waals surface area contributed by atoms with Crippen LogP contribution in [0.15, 0.2) is 47.4 Å². The molecule has 1 aliphatic rings. The molecule has 0 saturated carbocycles. The Bertz CT molecular complexity index is 1090. The van der Waals surface area contributed by atoms with Gasteiger partial charge in [-0.25, -0.2) is 8.42 Å². The van der Waals surface area contributed by atoms with Crippen LogP contribution >= 0.6 is 11.6 Å². The molecule has 1 heterocycles. The summed E-state index contributed by atoms with van der Waals surface area (Å²) in [4.78, 5) is 27.1. The maximum atomic E-state index is 13.1. The van der Waals surface area contributed by atoms with Crippen molar-refractivity contribution in [3.05, 3.63) is 58.6 Å². The van der Waals surface area contributed by atoms with Crippen molar-refractivity contribution in [1.29, 1.82) is 0 Å². The number of nitrogens with one attached hydrogen (secondary N) is 2. The van der Waals surface area contributed by atoms with Crippen molar-refractivity contribution < 1.29 is 18.0 Å². The van der Waals surface area contributed by atoms with E-state index in [2.05, 4.69) is 10.0 Å². The molecule has 2 aromatic rings. The lowest BCUT2D eigenvalue weighted by atomic mass is 10.1. The number of rotatable bonds is 7. The first-order chi connectivity index (χ1) is 14.7. The van der Waals surface area contributed by atoms with Crippen LogP contribution < -0.4 is 10.0 Å². The second-order valence-corrected chi connectivity index (χ2v) is 9.63. The van der Waals surface area contributed by atoms with Gasteiger partial charge in [0.25, 0.3) is 15.9 Å². The number of halogens is 1. The van der Waals surface area contributed by atoms with Crippen molar-refractivity contribution >= 4 is 39.1 Å². The zero-order chi connectivity index (χ0) is 22.6. The van der Waals surface area contributed by atoms with Crippen LogP contribution in [0.1, 0.15) is 42.1 Å². The number of sulfonamides is 1. The van der Waals surface area contributed by atoms with E-state index in [-0.39, 0.29) is 22.4 Å². The van der Waals surface area contributed by atoms with Gasteiger partial charge in [0.2, 0.25) is 5.91 Å². The van der Waals surface area contributed by atoms with E-state index >= 15 is 0 Å². The fourth-order valence-electron chi connectivity index (χ4n) is 3.48. The molecule has 1 aliphatic heterocycles. The second-order valence-electron chi connectivity index (χ2n) is 7.54. The van der Waals surface area contributed by atoms with Gasteiger partial charge in [-0.15, -0.1) is 0 Å². The van der Waals surface area contributed by atoms with Gasteiger partial charge in [-0.2, -0.15) is 0 Å². The molecule has 0 bridgehead atoms. The zero-order valence-corrected chi connectivity index (χ0v) is 19.1. The normalized spacial score (nSPS) is 16.2. The molecule has 3 rings (SSSR count). The molecule has 0 unspecified atom stereocenters. The Morgan fingerprint density at radius 2 is 1.97 bits per heavy atom. The highest BCUT2D eigenvalue weighted by Crippen LogP contribution is 2.24. The van der Waals surface area contributed by atoms with E-state index in [1.54, 1.807) is 36.1 Å². The highest BCUT2D eigenvalue weighted by molar-refractivity contribution is 7.92. The largest absolute Gasteiger partial charge is 0.354 e. The maximum absolute atomic E-state index is 13.1. The molecule has 0 spiro atoms. The Hall–Kier alpha value is -2.58. The predicted molar refractivity (Wildman–Crippen MR) is 121 cm³/mol. The number of anilines is 1. The van der Waals surface area contributed by atoms with Crippen LogP contribution in [-0.4, -0.2) is 44.3 Å².